The molecule has 1 fully saturated rings. The summed E-state index contributed by atoms with van der Waals surface area (Å²) in [4.78, 5) is 16.1. The molecule has 32 heavy (non-hydrogen) atoms. The van der Waals surface area contributed by atoms with E-state index < -0.39 is 17.6 Å². The van der Waals surface area contributed by atoms with Crippen LogP contribution in [0.25, 0.3) is 0 Å². The third kappa shape index (κ3) is 6.22. The van der Waals surface area contributed by atoms with Crippen molar-refractivity contribution < 1.29 is 27.1 Å². The zero-order chi connectivity index (χ0) is 23.5. The van der Waals surface area contributed by atoms with E-state index in [1.807, 2.05) is 11.9 Å². The van der Waals surface area contributed by atoms with Gasteiger partial charge >= 0.3 is 6.18 Å². The first-order valence-corrected chi connectivity index (χ1v) is 10.6. The number of hydrogen-bond donors (Lipinski definition) is 0. The van der Waals surface area contributed by atoms with Crippen LogP contribution in [-0.2, 0) is 24.1 Å². The predicted molar refractivity (Wildman–Crippen MR) is 113 cm³/mol. The number of carbonyl (C=O) groups is 1. The molecule has 2 aromatic carbocycles. The van der Waals surface area contributed by atoms with Crippen LogP contribution in [0.4, 0.5) is 17.6 Å². The summed E-state index contributed by atoms with van der Waals surface area (Å²) in [5, 5.41) is 0. The SMILES string of the molecule is CC(C)CN(C)C(=O)C1CN(Cc2ccc(OCc3cccc(C(F)(F)F)c3)cc2F)C1. The summed E-state index contributed by atoms with van der Waals surface area (Å²) in [5.41, 5.74) is 0.0859. The van der Waals surface area contributed by atoms with E-state index in [4.69, 9.17) is 4.74 Å². The number of halogens is 4. The van der Waals surface area contributed by atoms with Crippen molar-refractivity contribution in [1.82, 2.24) is 9.80 Å². The zero-order valence-corrected chi connectivity index (χ0v) is 18.5. The van der Waals surface area contributed by atoms with E-state index in [9.17, 15) is 22.4 Å². The Hall–Kier alpha value is -2.61. The van der Waals surface area contributed by atoms with Crippen molar-refractivity contribution in [3.05, 3.63) is 65.0 Å². The maximum atomic E-state index is 14.5. The van der Waals surface area contributed by atoms with Gasteiger partial charge in [0.15, 0.2) is 0 Å². The Morgan fingerprint density at radius 2 is 1.91 bits per heavy atom. The molecule has 0 aliphatic carbocycles. The van der Waals surface area contributed by atoms with Gasteiger partial charge in [0.1, 0.15) is 18.2 Å². The van der Waals surface area contributed by atoms with Crippen LogP contribution in [0, 0.1) is 17.7 Å². The molecule has 8 heteroatoms. The minimum Gasteiger partial charge on any atom is -0.489 e. The largest absolute Gasteiger partial charge is 0.489 e. The van der Waals surface area contributed by atoms with Crippen LogP contribution < -0.4 is 4.74 Å². The zero-order valence-electron chi connectivity index (χ0n) is 18.5. The predicted octanol–water partition coefficient (Wildman–Crippen LogP) is 4.97. The molecule has 0 aromatic heterocycles. The Labute approximate surface area is 185 Å². The summed E-state index contributed by atoms with van der Waals surface area (Å²) in [6, 6.07) is 9.31. The molecule has 0 radical (unpaired) electrons. The molecule has 1 heterocycles. The Morgan fingerprint density at radius 1 is 1.19 bits per heavy atom. The fourth-order valence-electron chi connectivity index (χ4n) is 3.80. The summed E-state index contributed by atoms with van der Waals surface area (Å²) >= 11 is 0. The van der Waals surface area contributed by atoms with Crippen molar-refractivity contribution in [1.29, 1.82) is 0 Å². The molecule has 2 aromatic rings. The van der Waals surface area contributed by atoms with Crippen molar-refractivity contribution >= 4 is 5.91 Å². The number of hydrogen-bond acceptors (Lipinski definition) is 3. The van der Waals surface area contributed by atoms with E-state index in [2.05, 4.69) is 13.8 Å². The number of carbonyl (C=O) groups excluding carboxylic acids is 1. The number of benzene rings is 2. The molecule has 0 atom stereocenters. The molecule has 1 amide bonds. The normalized spacial score (nSPS) is 15.0. The molecule has 1 aliphatic heterocycles. The first-order chi connectivity index (χ1) is 15.0. The highest BCUT2D eigenvalue weighted by molar-refractivity contribution is 5.80. The quantitative estimate of drug-likeness (QED) is 0.531. The van der Waals surface area contributed by atoms with Crippen molar-refractivity contribution in [2.75, 3.05) is 26.7 Å². The molecular weight excluding hydrogens is 424 g/mol. The maximum absolute atomic E-state index is 14.5. The second kappa shape index (κ2) is 9.90. The lowest BCUT2D eigenvalue weighted by Crippen LogP contribution is -2.53. The van der Waals surface area contributed by atoms with Crippen molar-refractivity contribution in [3.8, 4) is 5.75 Å². The number of rotatable bonds is 8. The summed E-state index contributed by atoms with van der Waals surface area (Å²) < 4.78 is 58.4. The van der Waals surface area contributed by atoms with Gasteiger partial charge in [0.2, 0.25) is 5.91 Å². The molecule has 0 N–H and O–H groups in total. The summed E-state index contributed by atoms with van der Waals surface area (Å²) in [6.45, 7) is 6.31. The van der Waals surface area contributed by atoms with Gasteiger partial charge in [-0.3, -0.25) is 9.69 Å². The number of amides is 1. The summed E-state index contributed by atoms with van der Waals surface area (Å²) in [7, 11) is 1.81. The van der Waals surface area contributed by atoms with Gasteiger partial charge in [0.05, 0.1) is 11.5 Å². The van der Waals surface area contributed by atoms with Crippen LogP contribution >= 0.6 is 0 Å². The van der Waals surface area contributed by atoms with Crippen LogP contribution in [0.15, 0.2) is 42.5 Å². The molecule has 3 rings (SSSR count). The molecule has 4 nitrogen and oxygen atoms in total. The van der Waals surface area contributed by atoms with E-state index in [1.54, 1.807) is 17.0 Å². The number of nitrogens with zero attached hydrogens (tertiary/aromatic N) is 2. The highest BCUT2D eigenvalue weighted by Crippen LogP contribution is 2.30. The fraction of sp³-hybridized carbons (Fsp3) is 0.458. The Kier molecular flexibility index (Phi) is 7.44. The number of alkyl halides is 3. The maximum Gasteiger partial charge on any atom is 0.416 e. The minimum atomic E-state index is -4.42. The molecule has 0 unspecified atom stereocenters. The molecule has 174 valence electrons. The van der Waals surface area contributed by atoms with Crippen molar-refractivity contribution in [2.45, 2.75) is 33.2 Å². The van der Waals surface area contributed by atoms with Gasteiger partial charge < -0.3 is 9.64 Å². The van der Waals surface area contributed by atoms with Crippen LogP contribution in [0.2, 0.25) is 0 Å². The van der Waals surface area contributed by atoms with Gasteiger partial charge in [-0.25, -0.2) is 4.39 Å². The van der Waals surface area contributed by atoms with E-state index in [-0.39, 0.29) is 24.2 Å². The molecular formula is C24H28F4N2O2. The first kappa shape index (κ1) is 24.0. The lowest BCUT2D eigenvalue weighted by molar-refractivity contribution is -0.140. The molecule has 0 spiro atoms. The standard InChI is InChI=1S/C24H28F4N2O2/c1-16(2)11-29(3)23(31)19-13-30(14-19)12-18-7-8-21(10-22(18)25)32-15-17-5-4-6-20(9-17)24(26,27)28/h4-10,16,19H,11-15H2,1-3H3. The average molecular weight is 452 g/mol. The average Bonchev–Trinajstić information content (AvgIpc) is 2.68. The van der Waals surface area contributed by atoms with Gasteiger partial charge in [-0.05, 0) is 29.7 Å². The second-order valence-electron chi connectivity index (χ2n) is 8.74. The molecule has 0 bridgehead atoms. The van der Waals surface area contributed by atoms with E-state index in [0.717, 1.165) is 12.1 Å². The van der Waals surface area contributed by atoms with Gasteiger partial charge in [-0.1, -0.05) is 32.0 Å². The molecule has 0 saturated carbocycles. The summed E-state index contributed by atoms with van der Waals surface area (Å²) in [6.07, 6.45) is -4.42. The second-order valence-corrected chi connectivity index (χ2v) is 8.74. The Morgan fingerprint density at radius 3 is 2.53 bits per heavy atom. The number of ether oxygens (including phenoxy) is 1. The van der Waals surface area contributed by atoms with Crippen LogP contribution in [0.1, 0.15) is 30.5 Å². The van der Waals surface area contributed by atoms with Crippen LogP contribution in [0.5, 0.6) is 5.75 Å². The Balaban J connectivity index is 1.51. The lowest BCUT2D eigenvalue weighted by atomic mass is 9.97. The Bertz CT molecular complexity index is 940. The van der Waals surface area contributed by atoms with E-state index in [1.165, 1.54) is 18.2 Å². The van der Waals surface area contributed by atoms with Crippen molar-refractivity contribution in [2.24, 2.45) is 11.8 Å². The van der Waals surface area contributed by atoms with Crippen LogP contribution in [0.3, 0.4) is 0 Å². The lowest BCUT2D eigenvalue weighted by Gasteiger charge is -2.40. The highest BCUT2D eigenvalue weighted by Gasteiger charge is 2.34. The van der Waals surface area contributed by atoms with E-state index >= 15 is 0 Å². The van der Waals surface area contributed by atoms with Crippen molar-refractivity contribution in [3.63, 3.8) is 0 Å². The number of likely N-dealkylation sites (tertiary alicyclic amines) is 1. The third-order valence-corrected chi connectivity index (χ3v) is 5.40. The first-order valence-electron chi connectivity index (χ1n) is 10.6. The van der Waals surface area contributed by atoms with E-state index in [0.29, 0.717) is 43.2 Å². The van der Waals surface area contributed by atoms with Gasteiger partial charge in [-0.15, -0.1) is 0 Å². The van der Waals surface area contributed by atoms with Gasteiger partial charge in [0, 0.05) is 44.9 Å². The van der Waals surface area contributed by atoms with Gasteiger partial charge in [-0.2, -0.15) is 13.2 Å². The molecule has 1 saturated heterocycles. The topological polar surface area (TPSA) is 32.8 Å². The minimum absolute atomic E-state index is 0.0584. The summed E-state index contributed by atoms with van der Waals surface area (Å²) in [5.74, 6) is 0.267. The highest BCUT2D eigenvalue weighted by atomic mass is 19.4. The monoisotopic (exact) mass is 452 g/mol. The van der Waals surface area contributed by atoms with Crippen LogP contribution in [-0.4, -0.2) is 42.4 Å². The fourth-order valence-corrected chi connectivity index (χ4v) is 3.80. The molecule has 1 aliphatic rings. The van der Waals surface area contributed by atoms with Gasteiger partial charge in [0.25, 0.3) is 0 Å². The third-order valence-electron chi connectivity index (χ3n) is 5.40. The smallest absolute Gasteiger partial charge is 0.416 e.